The van der Waals surface area contributed by atoms with Crippen molar-refractivity contribution in [2.24, 2.45) is 5.92 Å². The van der Waals surface area contributed by atoms with Crippen LogP contribution in [0.15, 0.2) is 36.4 Å². The number of carbonyl (C=O) groups is 2. The molecule has 2 aromatic heterocycles. The fraction of sp³-hybridized carbons (Fsp3) is 0.417. The second-order valence-electron chi connectivity index (χ2n) is 8.03. The lowest BCUT2D eigenvalue weighted by Crippen LogP contribution is -2.41. The second kappa shape index (κ2) is 8.64. The van der Waals surface area contributed by atoms with E-state index in [4.69, 9.17) is 4.74 Å². The molecule has 0 N–H and O–H groups in total. The molecule has 0 spiro atoms. The molecule has 1 saturated heterocycles. The van der Waals surface area contributed by atoms with Gasteiger partial charge in [-0.2, -0.15) is 0 Å². The summed E-state index contributed by atoms with van der Waals surface area (Å²) in [5.74, 6) is -0.186. The number of aryl methyl sites for hydroxylation is 2. The third-order valence-electron chi connectivity index (χ3n) is 5.76. The first-order valence-corrected chi connectivity index (χ1v) is 11.4. The summed E-state index contributed by atoms with van der Waals surface area (Å²) < 4.78 is 8.44. The van der Waals surface area contributed by atoms with Crippen molar-refractivity contribution in [2.75, 3.05) is 19.7 Å². The van der Waals surface area contributed by atoms with Crippen LogP contribution in [0.1, 0.15) is 46.3 Å². The Morgan fingerprint density at radius 1 is 1.13 bits per heavy atom. The molecule has 3 aromatic rings. The van der Waals surface area contributed by atoms with E-state index in [0.717, 1.165) is 15.9 Å². The zero-order chi connectivity index (χ0) is 21.3. The largest absolute Gasteiger partial charge is 0.466 e. The number of ether oxygens (including phenoxy) is 1. The van der Waals surface area contributed by atoms with E-state index in [1.807, 2.05) is 17.9 Å². The van der Waals surface area contributed by atoms with Gasteiger partial charge < -0.3 is 14.2 Å². The molecule has 0 atom stereocenters. The SMILES string of the molecule is CCOC(=O)C1CCN(C(=O)c2cc3sc(C)cc3n2Cc2cccc(C)c2)CC1. The van der Waals surface area contributed by atoms with Gasteiger partial charge in [0.25, 0.3) is 5.91 Å². The average molecular weight is 425 g/mol. The molecule has 1 fully saturated rings. The maximum absolute atomic E-state index is 13.4. The predicted molar refractivity (Wildman–Crippen MR) is 120 cm³/mol. The van der Waals surface area contributed by atoms with Gasteiger partial charge in [-0.25, -0.2) is 0 Å². The number of hydrogen-bond acceptors (Lipinski definition) is 4. The van der Waals surface area contributed by atoms with E-state index >= 15 is 0 Å². The van der Waals surface area contributed by atoms with Gasteiger partial charge in [0.05, 0.1) is 22.7 Å². The zero-order valence-electron chi connectivity index (χ0n) is 17.8. The number of fused-ring (bicyclic) bond motifs is 1. The maximum Gasteiger partial charge on any atom is 0.309 e. The van der Waals surface area contributed by atoms with Crippen LogP contribution in [0.3, 0.4) is 0 Å². The van der Waals surface area contributed by atoms with Crippen molar-refractivity contribution >= 4 is 33.4 Å². The summed E-state index contributed by atoms with van der Waals surface area (Å²) in [5.41, 5.74) is 4.24. The Morgan fingerprint density at radius 3 is 2.60 bits per heavy atom. The zero-order valence-corrected chi connectivity index (χ0v) is 18.6. The van der Waals surface area contributed by atoms with Crippen LogP contribution in [0, 0.1) is 19.8 Å². The van der Waals surface area contributed by atoms with Gasteiger partial charge in [-0.1, -0.05) is 29.8 Å². The predicted octanol–water partition coefficient (Wildman–Crippen LogP) is 4.78. The van der Waals surface area contributed by atoms with Crippen molar-refractivity contribution < 1.29 is 14.3 Å². The van der Waals surface area contributed by atoms with Crippen molar-refractivity contribution in [3.63, 3.8) is 0 Å². The number of esters is 1. The van der Waals surface area contributed by atoms with Crippen LogP contribution >= 0.6 is 11.3 Å². The van der Waals surface area contributed by atoms with E-state index in [1.165, 1.54) is 16.0 Å². The number of piperidine rings is 1. The first kappa shape index (κ1) is 20.7. The molecule has 158 valence electrons. The van der Waals surface area contributed by atoms with Crippen LogP contribution in [0.5, 0.6) is 0 Å². The highest BCUT2D eigenvalue weighted by Gasteiger charge is 2.30. The highest BCUT2D eigenvalue weighted by Crippen LogP contribution is 2.31. The molecule has 1 aliphatic rings. The summed E-state index contributed by atoms with van der Waals surface area (Å²) >= 11 is 1.72. The second-order valence-corrected chi connectivity index (χ2v) is 9.32. The molecule has 30 heavy (non-hydrogen) atoms. The average Bonchev–Trinajstić information content (AvgIpc) is 3.25. The Labute approximate surface area is 181 Å². The van der Waals surface area contributed by atoms with Crippen LogP contribution in [-0.4, -0.2) is 41.0 Å². The number of likely N-dealkylation sites (tertiary alicyclic amines) is 1. The highest BCUT2D eigenvalue weighted by atomic mass is 32.1. The van der Waals surface area contributed by atoms with Gasteiger partial charge in [-0.15, -0.1) is 11.3 Å². The lowest BCUT2D eigenvalue weighted by Gasteiger charge is -2.31. The van der Waals surface area contributed by atoms with Gasteiger partial charge in [0, 0.05) is 24.5 Å². The fourth-order valence-corrected chi connectivity index (χ4v) is 5.21. The van der Waals surface area contributed by atoms with Crippen molar-refractivity contribution in [2.45, 2.75) is 40.2 Å². The Morgan fingerprint density at radius 2 is 1.90 bits per heavy atom. The van der Waals surface area contributed by atoms with Crippen molar-refractivity contribution in [1.29, 1.82) is 0 Å². The first-order chi connectivity index (χ1) is 14.5. The minimum atomic E-state index is -0.136. The molecule has 5 nitrogen and oxygen atoms in total. The number of amides is 1. The lowest BCUT2D eigenvalue weighted by molar-refractivity contribution is -0.149. The van der Waals surface area contributed by atoms with Gasteiger partial charge in [0.15, 0.2) is 0 Å². The molecule has 1 aliphatic heterocycles. The normalized spacial score (nSPS) is 15.0. The van der Waals surface area contributed by atoms with Gasteiger partial charge in [-0.05, 0) is 51.3 Å². The third-order valence-corrected chi connectivity index (χ3v) is 6.74. The molecule has 4 rings (SSSR count). The number of benzene rings is 1. The summed E-state index contributed by atoms with van der Waals surface area (Å²) in [6.07, 6.45) is 1.33. The molecule has 0 radical (unpaired) electrons. The first-order valence-electron chi connectivity index (χ1n) is 10.6. The van der Waals surface area contributed by atoms with E-state index in [-0.39, 0.29) is 17.8 Å². The Bertz CT molecular complexity index is 1070. The lowest BCUT2D eigenvalue weighted by atomic mass is 9.97. The number of hydrogen-bond donors (Lipinski definition) is 0. The molecule has 6 heteroatoms. The number of carbonyl (C=O) groups excluding carboxylic acids is 2. The number of nitrogens with zero attached hydrogens (tertiary/aromatic N) is 2. The van der Waals surface area contributed by atoms with E-state index in [9.17, 15) is 9.59 Å². The highest BCUT2D eigenvalue weighted by molar-refractivity contribution is 7.19. The van der Waals surface area contributed by atoms with Crippen LogP contribution in [-0.2, 0) is 16.1 Å². The molecule has 0 saturated carbocycles. The molecule has 0 bridgehead atoms. The summed E-state index contributed by atoms with van der Waals surface area (Å²) in [6.45, 7) is 8.26. The summed E-state index contributed by atoms with van der Waals surface area (Å²) in [5, 5.41) is 0. The van der Waals surface area contributed by atoms with E-state index in [1.54, 1.807) is 11.3 Å². The van der Waals surface area contributed by atoms with E-state index < -0.39 is 0 Å². The minimum Gasteiger partial charge on any atom is -0.466 e. The molecule has 3 heterocycles. The smallest absolute Gasteiger partial charge is 0.309 e. The molecule has 1 aromatic carbocycles. The van der Waals surface area contributed by atoms with Crippen molar-refractivity contribution in [3.8, 4) is 0 Å². The Balaban J connectivity index is 1.58. The van der Waals surface area contributed by atoms with Crippen LogP contribution < -0.4 is 0 Å². The van der Waals surface area contributed by atoms with E-state index in [2.05, 4.69) is 48.7 Å². The molecule has 1 amide bonds. The monoisotopic (exact) mass is 424 g/mol. The van der Waals surface area contributed by atoms with Crippen LogP contribution in [0.25, 0.3) is 10.2 Å². The molecular formula is C24H28N2O3S. The molecular weight excluding hydrogens is 396 g/mol. The number of rotatable bonds is 5. The maximum atomic E-state index is 13.4. The van der Waals surface area contributed by atoms with E-state index in [0.29, 0.717) is 39.1 Å². The summed E-state index contributed by atoms with van der Waals surface area (Å²) in [7, 11) is 0. The summed E-state index contributed by atoms with van der Waals surface area (Å²) in [6, 6.07) is 12.6. The van der Waals surface area contributed by atoms with Crippen LogP contribution in [0.4, 0.5) is 0 Å². The third kappa shape index (κ3) is 4.15. The number of aromatic nitrogens is 1. The van der Waals surface area contributed by atoms with Gasteiger partial charge in [-0.3, -0.25) is 9.59 Å². The fourth-order valence-electron chi connectivity index (χ4n) is 4.25. The summed E-state index contributed by atoms with van der Waals surface area (Å²) in [4.78, 5) is 28.6. The number of thiophene rings is 1. The van der Waals surface area contributed by atoms with Gasteiger partial charge in [0.1, 0.15) is 5.69 Å². The van der Waals surface area contributed by atoms with Crippen molar-refractivity contribution in [1.82, 2.24) is 9.47 Å². The Hall–Kier alpha value is -2.60. The van der Waals surface area contributed by atoms with Crippen molar-refractivity contribution in [3.05, 3.63) is 58.1 Å². The van der Waals surface area contributed by atoms with Crippen LogP contribution in [0.2, 0.25) is 0 Å². The van der Waals surface area contributed by atoms with Gasteiger partial charge >= 0.3 is 5.97 Å². The minimum absolute atomic E-state index is 0.0472. The Kier molecular flexibility index (Phi) is 5.95. The molecule has 0 aliphatic carbocycles. The standard InChI is InChI=1S/C24H28N2O3S/c1-4-29-24(28)19-8-10-25(11-9-19)23(27)21-14-22-20(13-17(3)30-22)26(21)15-18-7-5-6-16(2)12-18/h5-7,12-14,19H,4,8-11,15H2,1-3H3. The molecule has 0 unspecified atom stereocenters. The quantitative estimate of drug-likeness (QED) is 0.554. The van der Waals surface area contributed by atoms with Gasteiger partial charge in [0.2, 0.25) is 0 Å². The topological polar surface area (TPSA) is 51.5 Å².